The molecular formula is C14H21ClN2O2S. The van der Waals surface area contributed by atoms with Crippen LogP contribution >= 0.6 is 11.6 Å². The highest BCUT2D eigenvalue weighted by Gasteiger charge is 2.23. The highest BCUT2D eigenvalue weighted by Crippen LogP contribution is 2.27. The third kappa shape index (κ3) is 3.95. The van der Waals surface area contributed by atoms with Crippen LogP contribution in [-0.2, 0) is 16.6 Å². The normalized spacial score (nSPS) is 16.1. The second-order valence-electron chi connectivity index (χ2n) is 5.19. The lowest BCUT2D eigenvalue weighted by Gasteiger charge is -2.25. The monoisotopic (exact) mass is 316 g/mol. The molecule has 1 saturated carbocycles. The van der Waals surface area contributed by atoms with Gasteiger partial charge in [-0.25, -0.2) is 13.1 Å². The van der Waals surface area contributed by atoms with Crippen LogP contribution < -0.4 is 10.0 Å². The maximum absolute atomic E-state index is 12.3. The van der Waals surface area contributed by atoms with Crippen molar-refractivity contribution in [2.24, 2.45) is 5.92 Å². The molecule has 112 valence electrons. The van der Waals surface area contributed by atoms with Crippen LogP contribution in [0.2, 0.25) is 5.02 Å². The predicted molar refractivity (Wildman–Crippen MR) is 81.4 cm³/mol. The molecule has 0 spiro atoms. The van der Waals surface area contributed by atoms with Gasteiger partial charge >= 0.3 is 0 Å². The van der Waals surface area contributed by atoms with E-state index < -0.39 is 10.0 Å². The smallest absolute Gasteiger partial charge is 0.242 e. The molecule has 2 rings (SSSR count). The quantitative estimate of drug-likeness (QED) is 0.812. The molecule has 1 aromatic carbocycles. The predicted octanol–water partition coefficient (Wildman–Crippen LogP) is 2.53. The largest absolute Gasteiger partial charge is 0.313 e. The highest BCUT2D eigenvalue weighted by atomic mass is 35.5. The van der Waals surface area contributed by atoms with Gasteiger partial charge in [-0.15, -0.1) is 0 Å². The van der Waals surface area contributed by atoms with Gasteiger partial charge in [0, 0.05) is 13.1 Å². The summed E-state index contributed by atoms with van der Waals surface area (Å²) in [6, 6.07) is 5.14. The zero-order valence-corrected chi connectivity index (χ0v) is 13.2. The zero-order valence-electron chi connectivity index (χ0n) is 11.7. The Balaban J connectivity index is 2.11. The summed E-state index contributed by atoms with van der Waals surface area (Å²) >= 11 is 6.04. The average molecular weight is 317 g/mol. The number of hydrogen-bond acceptors (Lipinski definition) is 3. The molecule has 0 bridgehead atoms. The lowest BCUT2D eigenvalue weighted by molar-refractivity contribution is 0.316. The Kier molecular flexibility index (Phi) is 5.43. The Morgan fingerprint density at radius 2 is 2.10 bits per heavy atom. The fraction of sp³-hybridized carbons (Fsp3) is 0.571. The molecule has 0 radical (unpaired) electrons. The van der Waals surface area contributed by atoms with Crippen molar-refractivity contribution in [2.75, 3.05) is 13.1 Å². The van der Waals surface area contributed by atoms with E-state index in [0.29, 0.717) is 19.0 Å². The van der Waals surface area contributed by atoms with Crippen LogP contribution in [0.1, 0.15) is 31.7 Å². The Morgan fingerprint density at radius 1 is 1.35 bits per heavy atom. The summed E-state index contributed by atoms with van der Waals surface area (Å²) in [4.78, 5) is 0.175. The molecule has 0 saturated heterocycles. The molecule has 1 aliphatic rings. The summed E-state index contributed by atoms with van der Waals surface area (Å²) in [5.74, 6) is 0.480. The molecule has 20 heavy (non-hydrogen) atoms. The van der Waals surface area contributed by atoms with Crippen molar-refractivity contribution in [3.63, 3.8) is 0 Å². The lowest BCUT2D eigenvalue weighted by atomic mass is 9.86. The van der Waals surface area contributed by atoms with Crippen molar-refractivity contribution in [3.8, 4) is 0 Å². The Hall–Kier alpha value is -0.620. The topological polar surface area (TPSA) is 58.2 Å². The first-order valence-electron chi connectivity index (χ1n) is 7.01. The summed E-state index contributed by atoms with van der Waals surface area (Å²) in [6.45, 7) is 3.99. The van der Waals surface area contributed by atoms with Crippen LogP contribution in [0.15, 0.2) is 23.1 Å². The van der Waals surface area contributed by atoms with Crippen molar-refractivity contribution in [1.82, 2.24) is 10.0 Å². The second kappa shape index (κ2) is 6.89. The van der Waals surface area contributed by atoms with Crippen molar-refractivity contribution in [3.05, 3.63) is 28.8 Å². The number of nitrogens with one attached hydrogen (secondary N) is 2. The van der Waals surface area contributed by atoms with E-state index in [-0.39, 0.29) is 9.92 Å². The first-order valence-corrected chi connectivity index (χ1v) is 8.88. The molecule has 0 unspecified atom stereocenters. The molecule has 1 aliphatic carbocycles. The van der Waals surface area contributed by atoms with E-state index in [1.54, 1.807) is 12.1 Å². The number of halogens is 1. The van der Waals surface area contributed by atoms with Gasteiger partial charge in [-0.3, -0.25) is 0 Å². The van der Waals surface area contributed by atoms with Gasteiger partial charge in [0.2, 0.25) is 10.0 Å². The number of hydrogen-bond donors (Lipinski definition) is 2. The fourth-order valence-electron chi connectivity index (χ4n) is 2.14. The summed E-state index contributed by atoms with van der Waals surface area (Å²) < 4.78 is 27.3. The summed E-state index contributed by atoms with van der Waals surface area (Å²) in [5, 5.41) is 3.44. The highest BCUT2D eigenvalue weighted by molar-refractivity contribution is 7.89. The van der Waals surface area contributed by atoms with E-state index in [0.717, 1.165) is 24.9 Å². The van der Waals surface area contributed by atoms with Gasteiger partial charge in [0.05, 0.1) is 5.02 Å². The molecule has 0 aromatic heterocycles. The maximum atomic E-state index is 12.3. The fourth-order valence-corrected chi connectivity index (χ4v) is 3.80. The van der Waals surface area contributed by atoms with Gasteiger partial charge in [0.15, 0.2) is 0 Å². The van der Waals surface area contributed by atoms with Crippen LogP contribution in [-0.4, -0.2) is 21.5 Å². The molecule has 1 aromatic rings. The second-order valence-corrected chi connectivity index (χ2v) is 7.34. The van der Waals surface area contributed by atoms with Crippen LogP contribution in [0.3, 0.4) is 0 Å². The summed E-state index contributed by atoms with van der Waals surface area (Å²) in [5.41, 5.74) is 0.917. The molecule has 6 heteroatoms. The first-order chi connectivity index (χ1) is 9.53. The van der Waals surface area contributed by atoms with Crippen LogP contribution in [0.5, 0.6) is 0 Å². The van der Waals surface area contributed by atoms with E-state index in [1.807, 2.05) is 13.0 Å². The minimum absolute atomic E-state index is 0.175. The van der Waals surface area contributed by atoms with Crippen molar-refractivity contribution >= 4 is 21.6 Å². The molecule has 0 atom stereocenters. The van der Waals surface area contributed by atoms with E-state index in [9.17, 15) is 8.42 Å². The van der Waals surface area contributed by atoms with Gasteiger partial charge in [-0.05, 0) is 43.0 Å². The van der Waals surface area contributed by atoms with Crippen molar-refractivity contribution < 1.29 is 8.42 Å². The van der Waals surface area contributed by atoms with Crippen molar-refractivity contribution in [1.29, 1.82) is 0 Å². The third-order valence-corrected chi connectivity index (χ3v) is 5.56. The van der Waals surface area contributed by atoms with Gasteiger partial charge in [-0.1, -0.05) is 31.0 Å². The van der Waals surface area contributed by atoms with Crippen LogP contribution in [0.4, 0.5) is 0 Å². The summed E-state index contributed by atoms with van der Waals surface area (Å²) in [6.07, 6.45) is 3.42. The Morgan fingerprint density at radius 3 is 2.70 bits per heavy atom. The molecule has 1 fully saturated rings. The first kappa shape index (κ1) is 15.8. The third-order valence-electron chi connectivity index (χ3n) is 3.65. The number of sulfonamides is 1. The number of rotatable bonds is 7. The van der Waals surface area contributed by atoms with E-state index in [2.05, 4.69) is 10.0 Å². The lowest BCUT2D eigenvalue weighted by Crippen LogP contribution is -2.32. The molecule has 0 amide bonds. The molecule has 0 heterocycles. The maximum Gasteiger partial charge on any atom is 0.242 e. The molecule has 4 nitrogen and oxygen atoms in total. The molecule has 0 aliphatic heterocycles. The molecular weight excluding hydrogens is 296 g/mol. The van der Waals surface area contributed by atoms with Gasteiger partial charge in [0.25, 0.3) is 0 Å². The SMILES string of the molecule is CCNCc1ccc(Cl)c(S(=O)(=O)NCC2CCC2)c1. The zero-order chi connectivity index (χ0) is 14.6. The van der Waals surface area contributed by atoms with Crippen LogP contribution in [0, 0.1) is 5.92 Å². The van der Waals surface area contributed by atoms with E-state index in [4.69, 9.17) is 11.6 Å². The Bertz CT molecular complexity index is 556. The minimum Gasteiger partial charge on any atom is -0.313 e. The number of benzene rings is 1. The molecule has 2 N–H and O–H groups in total. The average Bonchev–Trinajstić information content (AvgIpc) is 2.35. The van der Waals surface area contributed by atoms with Gasteiger partial charge < -0.3 is 5.32 Å². The summed E-state index contributed by atoms with van der Waals surface area (Å²) in [7, 11) is -3.52. The van der Waals surface area contributed by atoms with E-state index >= 15 is 0 Å². The van der Waals surface area contributed by atoms with Gasteiger partial charge in [-0.2, -0.15) is 0 Å². The Labute approximate surface area is 126 Å². The van der Waals surface area contributed by atoms with Crippen molar-refractivity contribution in [2.45, 2.75) is 37.6 Å². The van der Waals surface area contributed by atoms with Crippen LogP contribution in [0.25, 0.3) is 0 Å². The standard InChI is InChI=1S/C14H21ClN2O2S/c1-2-16-9-12-6-7-13(15)14(8-12)20(18,19)17-10-11-4-3-5-11/h6-8,11,16-17H,2-5,9-10H2,1H3. The minimum atomic E-state index is -3.52. The van der Waals surface area contributed by atoms with Gasteiger partial charge in [0.1, 0.15) is 4.90 Å². The van der Waals surface area contributed by atoms with E-state index in [1.165, 1.54) is 6.42 Å².